The zero-order valence-corrected chi connectivity index (χ0v) is 23.6. The molecule has 0 saturated carbocycles. The molecule has 0 aliphatic heterocycles. The van der Waals surface area contributed by atoms with Gasteiger partial charge < -0.3 is 9.47 Å². The largest absolute Gasteiger partial charge is 0.494 e. The van der Waals surface area contributed by atoms with Gasteiger partial charge in [0.2, 0.25) is 11.6 Å². The van der Waals surface area contributed by atoms with Crippen LogP contribution in [-0.4, -0.2) is 13.2 Å². The molecule has 0 atom stereocenters. The molecule has 8 heteroatoms. The van der Waals surface area contributed by atoms with E-state index in [4.69, 9.17) is 9.47 Å². The summed E-state index contributed by atoms with van der Waals surface area (Å²) in [5, 5.41) is 8.38. The topological polar surface area (TPSA) is 43.2 Å². The van der Waals surface area contributed by atoms with Crippen molar-refractivity contribution in [2.45, 2.75) is 71.6 Å². The molecule has 0 bridgehead atoms. The highest BCUT2D eigenvalue weighted by Gasteiger charge is 2.25. The molecule has 0 amide bonds. The Bertz CT molecular complexity index is 1300. The molecule has 0 aromatic heterocycles. The minimum absolute atomic E-state index is 0.0473. The van der Waals surface area contributed by atoms with Gasteiger partial charge in [-0.15, -0.1) is 0 Å². The SMILES string of the molecule is CCCCCCCCOc1ccc(N=Nc2ccc(C#Cc3c(F)c(F)c(OCCCCC)c(F)c3F)cc2)cc1. The number of rotatable bonds is 15. The molecule has 0 aliphatic rings. The molecule has 4 nitrogen and oxygen atoms in total. The molecule has 0 fully saturated rings. The van der Waals surface area contributed by atoms with Crippen LogP contribution in [0.2, 0.25) is 0 Å². The summed E-state index contributed by atoms with van der Waals surface area (Å²) in [6.07, 6.45) is 9.38. The maximum Gasteiger partial charge on any atom is 0.205 e. The van der Waals surface area contributed by atoms with Crippen LogP contribution < -0.4 is 9.47 Å². The summed E-state index contributed by atoms with van der Waals surface area (Å²) in [4.78, 5) is 0. The van der Waals surface area contributed by atoms with Crippen molar-refractivity contribution in [1.29, 1.82) is 0 Å². The normalized spacial score (nSPS) is 11.0. The highest BCUT2D eigenvalue weighted by molar-refractivity contribution is 5.50. The molecular weight excluding hydrogens is 532 g/mol. The fourth-order valence-corrected chi connectivity index (χ4v) is 3.92. The standard InChI is InChI=1S/C33H36F4N2O2/c1-3-5-7-8-9-11-22-40-27-19-17-26(18-20-27)39-38-25-15-12-24(13-16-25)14-21-28-29(34)31(36)33(32(37)30(28)35)41-23-10-6-4-2/h12-13,15-20H,3-11,22-23H2,1-2H3. The Morgan fingerprint density at radius 2 is 1.05 bits per heavy atom. The molecule has 218 valence electrons. The number of azo groups is 1. The van der Waals surface area contributed by atoms with Crippen molar-refractivity contribution in [2.75, 3.05) is 13.2 Å². The number of unbranched alkanes of at least 4 members (excludes halogenated alkanes) is 7. The summed E-state index contributed by atoms with van der Waals surface area (Å²) < 4.78 is 68.4. The van der Waals surface area contributed by atoms with E-state index >= 15 is 0 Å². The van der Waals surface area contributed by atoms with Gasteiger partial charge in [0.15, 0.2) is 17.4 Å². The summed E-state index contributed by atoms with van der Waals surface area (Å²) in [5.74, 6) is -1.94. The third-order valence-electron chi connectivity index (χ3n) is 6.30. The molecule has 0 spiro atoms. The third kappa shape index (κ3) is 9.93. The Balaban J connectivity index is 1.57. The van der Waals surface area contributed by atoms with Crippen molar-refractivity contribution < 1.29 is 27.0 Å². The number of benzene rings is 3. The molecule has 3 aromatic carbocycles. The van der Waals surface area contributed by atoms with E-state index in [2.05, 4.69) is 29.0 Å². The molecule has 0 unspecified atom stereocenters. The number of hydrogen-bond acceptors (Lipinski definition) is 4. The molecule has 0 radical (unpaired) electrons. The lowest BCUT2D eigenvalue weighted by molar-refractivity contribution is 0.264. The van der Waals surface area contributed by atoms with Crippen LogP contribution in [0.5, 0.6) is 11.5 Å². The van der Waals surface area contributed by atoms with Crippen molar-refractivity contribution in [1.82, 2.24) is 0 Å². The lowest BCUT2D eigenvalue weighted by atomic mass is 10.1. The van der Waals surface area contributed by atoms with Crippen LogP contribution in [0, 0.1) is 35.1 Å². The van der Waals surface area contributed by atoms with Crippen LogP contribution in [0.15, 0.2) is 58.8 Å². The van der Waals surface area contributed by atoms with E-state index in [0.29, 0.717) is 30.0 Å². The Morgan fingerprint density at radius 1 is 0.561 bits per heavy atom. The Morgan fingerprint density at radius 3 is 1.66 bits per heavy atom. The van der Waals surface area contributed by atoms with E-state index in [9.17, 15) is 17.6 Å². The fourth-order valence-electron chi connectivity index (χ4n) is 3.92. The van der Waals surface area contributed by atoms with E-state index < -0.39 is 34.6 Å². The van der Waals surface area contributed by atoms with E-state index in [1.807, 2.05) is 31.2 Å². The Kier molecular flexibility index (Phi) is 13.2. The van der Waals surface area contributed by atoms with E-state index in [1.54, 1.807) is 24.3 Å². The zero-order valence-electron chi connectivity index (χ0n) is 23.6. The first-order chi connectivity index (χ1) is 19.9. The molecule has 0 saturated heterocycles. The third-order valence-corrected chi connectivity index (χ3v) is 6.30. The highest BCUT2D eigenvalue weighted by Crippen LogP contribution is 2.30. The highest BCUT2D eigenvalue weighted by atomic mass is 19.2. The Labute approximate surface area is 239 Å². The second-order valence-electron chi connectivity index (χ2n) is 9.62. The summed E-state index contributed by atoms with van der Waals surface area (Å²) >= 11 is 0. The van der Waals surface area contributed by atoms with Gasteiger partial charge in [0, 0.05) is 5.56 Å². The van der Waals surface area contributed by atoms with Gasteiger partial charge in [-0.05, 0) is 61.4 Å². The van der Waals surface area contributed by atoms with Gasteiger partial charge in [-0.1, -0.05) is 70.6 Å². The minimum Gasteiger partial charge on any atom is -0.494 e. The molecule has 41 heavy (non-hydrogen) atoms. The number of halogens is 4. The van der Waals surface area contributed by atoms with Crippen LogP contribution in [-0.2, 0) is 0 Å². The van der Waals surface area contributed by atoms with Crippen molar-refractivity contribution in [2.24, 2.45) is 10.2 Å². The van der Waals surface area contributed by atoms with Gasteiger partial charge in [0.05, 0.1) is 24.6 Å². The number of nitrogens with zero attached hydrogens (tertiary/aromatic N) is 2. The van der Waals surface area contributed by atoms with Crippen LogP contribution in [0.4, 0.5) is 28.9 Å². The molecule has 0 heterocycles. The number of hydrogen-bond donors (Lipinski definition) is 0. The first kappa shape index (κ1) is 31.7. The van der Waals surface area contributed by atoms with Crippen molar-refractivity contribution >= 4 is 11.4 Å². The second-order valence-corrected chi connectivity index (χ2v) is 9.62. The second kappa shape index (κ2) is 17.1. The zero-order chi connectivity index (χ0) is 29.5. The average Bonchev–Trinajstić information content (AvgIpc) is 2.99. The smallest absolute Gasteiger partial charge is 0.205 e. The summed E-state index contributed by atoms with van der Waals surface area (Å²) in [5.41, 5.74) is 0.547. The predicted molar refractivity (Wildman–Crippen MR) is 153 cm³/mol. The maximum absolute atomic E-state index is 14.5. The predicted octanol–water partition coefficient (Wildman–Crippen LogP) is 10.4. The van der Waals surface area contributed by atoms with Gasteiger partial charge in [0.1, 0.15) is 11.3 Å². The van der Waals surface area contributed by atoms with E-state index in [1.165, 1.54) is 32.1 Å². The van der Waals surface area contributed by atoms with Gasteiger partial charge in [-0.3, -0.25) is 0 Å². The van der Waals surface area contributed by atoms with Crippen LogP contribution in [0.3, 0.4) is 0 Å². The van der Waals surface area contributed by atoms with E-state index in [-0.39, 0.29) is 6.61 Å². The van der Waals surface area contributed by atoms with Crippen molar-refractivity contribution in [3.63, 3.8) is 0 Å². The van der Waals surface area contributed by atoms with Gasteiger partial charge >= 0.3 is 0 Å². The lowest BCUT2D eigenvalue weighted by Crippen LogP contribution is -2.08. The van der Waals surface area contributed by atoms with Crippen LogP contribution >= 0.6 is 0 Å². The van der Waals surface area contributed by atoms with Crippen LogP contribution in [0.25, 0.3) is 0 Å². The van der Waals surface area contributed by atoms with Gasteiger partial charge in [-0.2, -0.15) is 19.0 Å². The average molecular weight is 569 g/mol. The first-order valence-electron chi connectivity index (χ1n) is 14.2. The van der Waals surface area contributed by atoms with E-state index in [0.717, 1.165) is 25.0 Å². The fraction of sp³-hybridized carbons (Fsp3) is 0.394. The molecule has 0 N–H and O–H groups in total. The van der Waals surface area contributed by atoms with Crippen molar-refractivity contribution in [3.8, 4) is 23.3 Å². The molecule has 0 aliphatic carbocycles. The monoisotopic (exact) mass is 568 g/mol. The Hall–Kier alpha value is -3.86. The van der Waals surface area contributed by atoms with Crippen LogP contribution in [0.1, 0.15) is 82.8 Å². The minimum atomic E-state index is -1.60. The maximum atomic E-state index is 14.5. The lowest BCUT2D eigenvalue weighted by Gasteiger charge is -2.10. The molecule has 3 aromatic rings. The summed E-state index contributed by atoms with van der Waals surface area (Å²) in [7, 11) is 0. The molecular formula is C33H36F4N2O2. The number of ether oxygens (including phenoxy) is 2. The van der Waals surface area contributed by atoms with Gasteiger partial charge in [0.25, 0.3) is 0 Å². The molecule has 3 rings (SSSR count). The summed E-state index contributed by atoms with van der Waals surface area (Å²) in [6.45, 7) is 4.79. The quantitative estimate of drug-likeness (QED) is 0.0602. The first-order valence-corrected chi connectivity index (χ1v) is 14.2. The van der Waals surface area contributed by atoms with Gasteiger partial charge in [-0.25, -0.2) is 8.78 Å². The summed E-state index contributed by atoms with van der Waals surface area (Å²) in [6, 6.07) is 13.7. The van der Waals surface area contributed by atoms with Crippen molar-refractivity contribution in [3.05, 3.63) is 82.9 Å².